The zero-order valence-corrected chi connectivity index (χ0v) is 29.4. The quantitative estimate of drug-likeness (QED) is 0.0669. The molecule has 2 unspecified atom stereocenters. The van der Waals surface area contributed by atoms with Crippen molar-refractivity contribution < 1.29 is 85.7 Å². The Bertz CT molecular complexity index is 1300. The number of amides is 2. The third kappa shape index (κ3) is 9.95. The zero-order valence-electron chi connectivity index (χ0n) is 29.4. The fourth-order valence-electron chi connectivity index (χ4n) is 5.90. The van der Waals surface area contributed by atoms with E-state index in [0.717, 1.165) is 19.9 Å². The Kier molecular flexibility index (Phi) is 13.9. The number of carbonyl (C=O) groups is 3. The van der Waals surface area contributed by atoms with Gasteiger partial charge < -0.3 is 24.8 Å². The van der Waals surface area contributed by atoms with Gasteiger partial charge in [0.25, 0.3) is 5.91 Å². The van der Waals surface area contributed by atoms with Gasteiger partial charge in [-0.3, -0.25) is 4.79 Å². The lowest BCUT2D eigenvalue weighted by Crippen LogP contribution is -2.72. The number of alkyl halides is 13. The molecule has 2 N–H and O–H groups in total. The van der Waals surface area contributed by atoms with Crippen molar-refractivity contribution in [3.8, 4) is 0 Å². The summed E-state index contributed by atoms with van der Waals surface area (Å²) < 4.78 is 193. The van der Waals surface area contributed by atoms with Gasteiger partial charge in [0.1, 0.15) is 18.8 Å². The monoisotopic (exact) mass is 786 g/mol. The Morgan fingerprint density at radius 2 is 1.21 bits per heavy atom. The maximum Gasteiger partial charge on any atom is 0.460 e. The van der Waals surface area contributed by atoms with Crippen molar-refractivity contribution in [2.45, 2.75) is 122 Å². The molecule has 0 saturated heterocycles. The Morgan fingerprint density at radius 1 is 0.731 bits per heavy atom. The lowest BCUT2D eigenvalue weighted by Gasteiger charge is -2.47. The molecule has 304 valence electrons. The van der Waals surface area contributed by atoms with E-state index in [0.29, 0.717) is 19.3 Å². The summed E-state index contributed by atoms with van der Waals surface area (Å²) >= 11 is 0. The summed E-state index contributed by atoms with van der Waals surface area (Å²) in [6.45, 7) is 9.67. The van der Waals surface area contributed by atoms with Crippen molar-refractivity contribution in [1.82, 2.24) is 10.6 Å². The minimum absolute atomic E-state index is 0.0472. The van der Waals surface area contributed by atoms with Gasteiger partial charge in [-0.15, -0.1) is 0 Å². The first-order chi connectivity index (χ1) is 23.0. The number of alkyl carbamates (subject to hydrolysis) is 1. The van der Waals surface area contributed by atoms with E-state index >= 15 is 0 Å². The van der Waals surface area contributed by atoms with Crippen molar-refractivity contribution in [1.29, 1.82) is 0 Å². The van der Waals surface area contributed by atoms with Gasteiger partial charge in [0, 0.05) is 30.7 Å². The largest absolute Gasteiger partial charge is 0.460 e. The Balaban J connectivity index is 2.96. The number of halogens is 13. The normalized spacial score (nSPS) is 20.9. The molecule has 2 atom stereocenters. The molecule has 0 aliphatic heterocycles. The second kappa shape index (κ2) is 15.4. The maximum absolute atomic E-state index is 14.9. The molecular formula is C31H43F13N2O6. The molecule has 2 amide bonds. The van der Waals surface area contributed by atoms with E-state index in [9.17, 15) is 71.5 Å². The molecule has 21 heteroatoms. The number of rotatable bonds is 17. The van der Waals surface area contributed by atoms with Crippen molar-refractivity contribution in [3.05, 3.63) is 12.7 Å². The molecule has 0 heterocycles. The van der Waals surface area contributed by atoms with E-state index in [2.05, 4.69) is 17.2 Å². The predicted molar refractivity (Wildman–Crippen MR) is 157 cm³/mol. The Hall–Kier alpha value is -3.00. The molecule has 0 aromatic rings. The average molecular weight is 787 g/mol. The van der Waals surface area contributed by atoms with E-state index in [4.69, 9.17) is 14.2 Å². The van der Waals surface area contributed by atoms with Gasteiger partial charge in [0.05, 0.1) is 0 Å². The van der Waals surface area contributed by atoms with Gasteiger partial charge in [0.15, 0.2) is 0 Å². The van der Waals surface area contributed by atoms with Gasteiger partial charge in [-0.05, 0) is 50.4 Å². The molecule has 8 nitrogen and oxygen atoms in total. The zero-order chi connectivity index (χ0) is 41.2. The fraction of sp³-hybridized carbons (Fsp3) is 0.839. The summed E-state index contributed by atoms with van der Waals surface area (Å²) in [6, 6.07) is -0.452. The third-order valence-corrected chi connectivity index (χ3v) is 8.69. The number of ether oxygens (including phenoxy) is 3. The van der Waals surface area contributed by atoms with Crippen LogP contribution in [0.4, 0.5) is 61.9 Å². The molecular weight excluding hydrogens is 743 g/mol. The third-order valence-electron chi connectivity index (χ3n) is 8.69. The van der Waals surface area contributed by atoms with Crippen LogP contribution >= 0.6 is 0 Å². The van der Waals surface area contributed by atoms with Crippen LogP contribution in [0, 0.1) is 16.2 Å². The number of hydrogen-bond acceptors (Lipinski definition) is 6. The maximum atomic E-state index is 14.9. The van der Waals surface area contributed by atoms with Crippen LogP contribution in [0.3, 0.4) is 0 Å². The minimum Gasteiger partial charge on any atom is -0.459 e. The first-order valence-electron chi connectivity index (χ1n) is 15.6. The molecule has 52 heavy (non-hydrogen) atoms. The summed E-state index contributed by atoms with van der Waals surface area (Å²) in [5, 5.41) is 5.29. The topological polar surface area (TPSA) is 103 Å². The van der Waals surface area contributed by atoms with E-state index in [1.807, 2.05) is 13.8 Å². The summed E-state index contributed by atoms with van der Waals surface area (Å²) in [5.41, 5.74) is -6.52. The lowest BCUT2D eigenvalue weighted by molar-refractivity contribution is -0.446. The fourth-order valence-corrected chi connectivity index (χ4v) is 5.90. The SMILES string of the molecule is C=CC(=O)OCCOC(=O)NC1CC(C)(C)CC(C)(CNC(=O)C(C)(C)OCCC(C)(C)C(F)(F)C(F)(F)C(F)(F)C(F)(F)C(F)(F)C(F)(F)F)C1. The standard InChI is InChI=1S/C31H43F13N2O6/c1-9-19(47)50-12-13-51-21(49)46-18-14-22(2,3)16-25(8,15-18)17-45-20(48)24(6,7)52-11-10-23(4,5)26(32,33)27(34,35)28(36,37)29(38,39)30(40,41)31(42,43)44/h9,18H,1,10-17H2,2-8H3,(H,45,48)(H,46,49). The number of esters is 1. The van der Waals surface area contributed by atoms with Gasteiger partial charge in [0.2, 0.25) is 0 Å². The van der Waals surface area contributed by atoms with Crippen LogP contribution in [0.15, 0.2) is 12.7 Å². The molecule has 0 bridgehead atoms. The van der Waals surface area contributed by atoms with Crippen molar-refractivity contribution in [2.75, 3.05) is 26.4 Å². The van der Waals surface area contributed by atoms with Crippen LogP contribution in [-0.2, 0) is 23.8 Å². The highest BCUT2D eigenvalue weighted by Gasteiger charge is 2.91. The molecule has 1 aliphatic carbocycles. The second-order valence-corrected chi connectivity index (χ2v) is 15.0. The lowest BCUT2D eigenvalue weighted by atomic mass is 9.62. The predicted octanol–water partition coefficient (Wildman–Crippen LogP) is 8.09. The Morgan fingerprint density at radius 3 is 1.71 bits per heavy atom. The first kappa shape index (κ1) is 47.0. The highest BCUT2D eigenvalue weighted by molar-refractivity contribution is 5.84. The van der Waals surface area contributed by atoms with Crippen LogP contribution in [-0.4, -0.2) is 91.8 Å². The summed E-state index contributed by atoms with van der Waals surface area (Å²) in [4.78, 5) is 36.4. The smallest absolute Gasteiger partial charge is 0.459 e. The second-order valence-electron chi connectivity index (χ2n) is 15.0. The van der Waals surface area contributed by atoms with Gasteiger partial charge in [-0.2, -0.15) is 57.1 Å². The molecule has 1 saturated carbocycles. The van der Waals surface area contributed by atoms with Crippen LogP contribution in [0.1, 0.15) is 74.1 Å². The highest BCUT2D eigenvalue weighted by atomic mass is 19.4. The number of carbonyl (C=O) groups excluding carboxylic acids is 3. The number of hydrogen-bond donors (Lipinski definition) is 2. The summed E-state index contributed by atoms with van der Waals surface area (Å²) in [5.74, 6) is -39.2. The highest BCUT2D eigenvalue weighted by Crippen LogP contribution is 2.63. The van der Waals surface area contributed by atoms with Crippen molar-refractivity contribution in [2.24, 2.45) is 16.2 Å². The van der Waals surface area contributed by atoms with Gasteiger partial charge >= 0.3 is 47.9 Å². The van der Waals surface area contributed by atoms with Crippen molar-refractivity contribution >= 4 is 18.0 Å². The summed E-state index contributed by atoms with van der Waals surface area (Å²) in [6.07, 6.45) is -7.47. The van der Waals surface area contributed by atoms with Crippen LogP contribution < -0.4 is 10.6 Å². The number of nitrogens with one attached hydrogen (secondary N) is 2. The molecule has 0 aromatic heterocycles. The van der Waals surface area contributed by atoms with Crippen LogP contribution in [0.2, 0.25) is 0 Å². The van der Waals surface area contributed by atoms with E-state index in [1.54, 1.807) is 6.92 Å². The van der Waals surface area contributed by atoms with E-state index in [1.165, 1.54) is 0 Å². The molecule has 1 aliphatic rings. The molecule has 0 aromatic carbocycles. The molecule has 0 radical (unpaired) electrons. The summed E-state index contributed by atoms with van der Waals surface area (Å²) in [7, 11) is 0. The van der Waals surface area contributed by atoms with E-state index < -0.39 is 89.3 Å². The van der Waals surface area contributed by atoms with Gasteiger partial charge in [-0.25, -0.2) is 9.59 Å². The Labute approximate surface area is 291 Å². The van der Waals surface area contributed by atoms with Crippen LogP contribution in [0.25, 0.3) is 0 Å². The molecule has 0 spiro atoms. The van der Waals surface area contributed by atoms with Crippen molar-refractivity contribution in [3.63, 3.8) is 0 Å². The molecule has 1 rings (SSSR count). The minimum atomic E-state index is -8.01. The van der Waals surface area contributed by atoms with E-state index in [-0.39, 0.29) is 39.0 Å². The first-order valence-corrected chi connectivity index (χ1v) is 15.6. The average Bonchev–Trinajstić information content (AvgIpc) is 2.95. The van der Waals surface area contributed by atoms with Gasteiger partial charge in [-0.1, -0.05) is 41.2 Å². The molecule has 1 fully saturated rings. The van der Waals surface area contributed by atoms with Crippen LogP contribution in [0.5, 0.6) is 0 Å².